The smallest absolute Gasteiger partial charge is 0.338 e. The summed E-state index contributed by atoms with van der Waals surface area (Å²) in [7, 11) is -1.95. The van der Waals surface area contributed by atoms with Crippen LogP contribution in [0.15, 0.2) is 48.5 Å². The first-order valence-electron chi connectivity index (χ1n) is 7.46. The number of methoxy groups -OCH3 is 1. The SMILES string of the molecule is COc1cccc(NC(=O)COC(=O)c2cccc(NS(C)(=O)=O)c2)c1. The summed E-state index contributed by atoms with van der Waals surface area (Å²) < 4.78 is 34.7. The normalized spacial score (nSPS) is 10.7. The van der Waals surface area contributed by atoms with E-state index in [9.17, 15) is 18.0 Å². The fraction of sp³-hybridized carbons (Fsp3) is 0.176. The molecule has 2 rings (SSSR count). The van der Waals surface area contributed by atoms with Crippen molar-refractivity contribution in [1.29, 1.82) is 0 Å². The highest BCUT2D eigenvalue weighted by molar-refractivity contribution is 7.92. The van der Waals surface area contributed by atoms with Crippen molar-refractivity contribution in [3.8, 4) is 5.75 Å². The maximum absolute atomic E-state index is 12.0. The summed E-state index contributed by atoms with van der Waals surface area (Å²) >= 11 is 0. The van der Waals surface area contributed by atoms with Crippen LogP contribution in [0, 0.1) is 0 Å². The van der Waals surface area contributed by atoms with E-state index < -0.39 is 28.5 Å². The summed E-state index contributed by atoms with van der Waals surface area (Å²) in [5.74, 6) is -0.685. The molecule has 1 amide bonds. The summed E-state index contributed by atoms with van der Waals surface area (Å²) in [5.41, 5.74) is 0.848. The van der Waals surface area contributed by atoms with Crippen LogP contribution in [-0.2, 0) is 19.6 Å². The van der Waals surface area contributed by atoms with Crippen molar-refractivity contribution in [2.24, 2.45) is 0 Å². The van der Waals surface area contributed by atoms with Crippen LogP contribution in [0.2, 0.25) is 0 Å². The monoisotopic (exact) mass is 378 g/mol. The molecule has 0 aromatic heterocycles. The number of carbonyl (C=O) groups excluding carboxylic acids is 2. The van der Waals surface area contributed by atoms with Crippen LogP contribution in [0.1, 0.15) is 10.4 Å². The van der Waals surface area contributed by atoms with Gasteiger partial charge in [0.1, 0.15) is 5.75 Å². The average Bonchev–Trinajstić information content (AvgIpc) is 2.58. The van der Waals surface area contributed by atoms with E-state index in [1.165, 1.54) is 31.4 Å². The number of rotatable bonds is 7. The molecule has 0 aliphatic rings. The van der Waals surface area contributed by atoms with Crippen molar-refractivity contribution in [2.45, 2.75) is 0 Å². The number of ether oxygens (including phenoxy) is 2. The van der Waals surface area contributed by atoms with Crippen molar-refractivity contribution in [2.75, 3.05) is 30.0 Å². The summed E-state index contributed by atoms with van der Waals surface area (Å²) in [4.78, 5) is 23.9. The Morgan fingerprint density at radius 1 is 1.04 bits per heavy atom. The number of hydrogen-bond donors (Lipinski definition) is 2. The molecule has 0 radical (unpaired) electrons. The van der Waals surface area contributed by atoms with Crippen molar-refractivity contribution < 1.29 is 27.5 Å². The van der Waals surface area contributed by atoms with Gasteiger partial charge >= 0.3 is 5.97 Å². The summed E-state index contributed by atoms with van der Waals surface area (Å²) in [6, 6.07) is 12.5. The molecule has 0 fully saturated rings. The highest BCUT2D eigenvalue weighted by atomic mass is 32.2. The number of amides is 1. The fourth-order valence-corrected chi connectivity index (χ4v) is 2.59. The molecule has 0 heterocycles. The largest absolute Gasteiger partial charge is 0.497 e. The summed E-state index contributed by atoms with van der Waals surface area (Å²) in [5, 5.41) is 2.58. The van der Waals surface area contributed by atoms with E-state index in [1.54, 1.807) is 24.3 Å². The standard InChI is InChI=1S/C17H18N2O6S/c1-24-15-8-4-6-13(10-15)18-16(20)11-25-17(21)12-5-3-7-14(9-12)19-26(2,22)23/h3-10,19H,11H2,1-2H3,(H,18,20). The number of anilines is 2. The van der Waals surface area contributed by atoms with Gasteiger partial charge in [0.25, 0.3) is 5.91 Å². The molecule has 2 aromatic rings. The van der Waals surface area contributed by atoms with Gasteiger partial charge in [-0.1, -0.05) is 12.1 Å². The van der Waals surface area contributed by atoms with E-state index in [2.05, 4.69) is 10.0 Å². The van der Waals surface area contributed by atoms with Crippen molar-refractivity contribution in [3.05, 3.63) is 54.1 Å². The Bertz CT molecular complexity index is 911. The number of carbonyl (C=O) groups is 2. The molecular formula is C17H18N2O6S. The Labute approximate surface area is 151 Å². The van der Waals surface area contributed by atoms with Gasteiger partial charge in [0, 0.05) is 17.4 Å². The van der Waals surface area contributed by atoms with E-state index in [1.807, 2.05) is 0 Å². The van der Waals surface area contributed by atoms with Crippen molar-refractivity contribution in [3.63, 3.8) is 0 Å². The Kier molecular flexibility index (Phi) is 6.18. The average molecular weight is 378 g/mol. The molecule has 8 nitrogen and oxygen atoms in total. The topological polar surface area (TPSA) is 111 Å². The molecule has 0 unspecified atom stereocenters. The predicted octanol–water partition coefficient (Wildman–Crippen LogP) is 1.86. The lowest BCUT2D eigenvalue weighted by Gasteiger charge is -2.09. The lowest BCUT2D eigenvalue weighted by molar-refractivity contribution is -0.119. The van der Waals surface area contributed by atoms with Crippen LogP contribution in [0.25, 0.3) is 0 Å². The third-order valence-corrected chi connectivity index (χ3v) is 3.70. The first-order chi connectivity index (χ1) is 12.3. The van der Waals surface area contributed by atoms with Crippen molar-refractivity contribution >= 4 is 33.3 Å². The molecule has 2 aromatic carbocycles. The first-order valence-corrected chi connectivity index (χ1v) is 9.35. The highest BCUT2D eigenvalue weighted by Crippen LogP contribution is 2.17. The summed E-state index contributed by atoms with van der Waals surface area (Å²) in [6.07, 6.45) is 1.00. The molecule has 0 aliphatic heterocycles. The number of hydrogen-bond acceptors (Lipinski definition) is 6. The zero-order valence-electron chi connectivity index (χ0n) is 14.2. The van der Waals surface area contributed by atoms with Crippen LogP contribution < -0.4 is 14.8 Å². The molecule has 0 aliphatic carbocycles. The number of nitrogens with one attached hydrogen (secondary N) is 2. The highest BCUT2D eigenvalue weighted by Gasteiger charge is 2.12. The second kappa shape index (κ2) is 8.34. The predicted molar refractivity (Wildman–Crippen MR) is 96.8 cm³/mol. The quantitative estimate of drug-likeness (QED) is 0.712. The molecule has 26 heavy (non-hydrogen) atoms. The fourth-order valence-electron chi connectivity index (χ4n) is 2.04. The zero-order valence-corrected chi connectivity index (χ0v) is 15.0. The first kappa shape index (κ1) is 19.3. The van der Waals surface area contributed by atoms with Crippen LogP contribution >= 0.6 is 0 Å². The Balaban J connectivity index is 1.93. The van der Waals surface area contributed by atoms with E-state index in [-0.39, 0.29) is 11.3 Å². The van der Waals surface area contributed by atoms with Gasteiger partial charge in [0.2, 0.25) is 10.0 Å². The molecule has 0 spiro atoms. The molecule has 2 N–H and O–H groups in total. The van der Waals surface area contributed by atoms with E-state index in [4.69, 9.17) is 9.47 Å². The van der Waals surface area contributed by atoms with Crippen molar-refractivity contribution in [1.82, 2.24) is 0 Å². The molecular weight excluding hydrogens is 360 g/mol. The van der Waals surface area contributed by atoms with Gasteiger partial charge in [0.05, 0.1) is 18.9 Å². The van der Waals surface area contributed by atoms with Crippen LogP contribution in [-0.4, -0.2) is 40.3 Å². The van der Waals surface area contributed by atoms with Gasteiger partial charge in [-0.25, -0.2) is 13.2 Å². The van der Waals surface area contributed by atoms with Crippen LogP contribution in [0.4, 0.5) is 11.4 Å². The van der Waals surface area contributed by atoms with Gasteiger partial charge in [0.15, 0.2) is 6.61 Å². The van der Waals surface area contributed by atoms with Gasteiger partial charge in [-0.15, -0.1) is 0 Å². The molecule has 138 valence electrons. The van der Waals surface area contributed by atoms with Gasteiger partial charge in [-0.05, 0) is 30.3 Å². The van der Waals surface area contributed by atoms with Gasteiger partial charge < -0.3 is 14.8 Å². The second-order valence-corrected chi connectivity index (χ2v) is 7.06. The van der Waals surface area contributed by atoms with Gasteiger partial charge in [-0.2, -0.15) is 0 Å². The molecule has 9 heteroatoms. The van der Waals surface area contributed by atoms with E-state index in [0.717, 1.165) is 6.26 Å². The Morgan fingerprint density at radius 3 is 2.42 bits per heavy atom. The third kappa shape index (κ3) is 6.10. The second-order valence-electron chi connectivity index (χ2n) is 5.31. The van der Waals surface area contributed by atoms with E-state index >= 15 is 0 Å². The number of benzene rings is 2. The number of sulfonamides is 1. The minimum absolute atomic E-state index is 0.118. The maximum Gasteiger partial charge on any atom is 0.338 e. The molecule has 0 atom stereocenters. The Hall–Kier alpha value is -3.07. The summed E-state index contributed by atoms with van der Waals surface area (Å²) in [6.45, 7) is -0.486. The van der Waals surface area contributed by atoms with Crippen LogP contribution in [0.3, 0.4) is 0 Å². The zero-order chi connectivity index (χ0) is 19.2. The lowest BCUT2D eigenvalue weighted by Crippen LogP contribution is -2.21. The lowest BCUT2D eigenvalue weighted by atomic mass is 10.2. The minimum Gasteiger partial charge on any atom is -0.497 e. The third-order valence-electron chi connectivity index (χ3n) is 3.09. The minimum atomic E-state index is -3.46. The number of esters is 1. The molecule has 0 saturated heterocycles. The van der Waals surface area contributed by atoms with E-state index in [0.29, 0.717) is 11.4 Å². The van der Waals surface area contributed by atoms with Crippen LogP contribution in [0.5, 0.6) is 5.75 Å². The molecule has 0 saturated carbocycles. The Morgan fingerprint density at radius 2 is 1.73 bits per heavy atom. The van der Waals surface area contributed by atoms with Gasteiger partial charge in [-0.3, -0.25) is 9.52 Å². The molecule has 0 bridgehead atoms. The maximum atomic E-state index is 12.0.